The number of nitrogens with zero attached hydrogens (tertiary/aromatic N) is 2. The van der Waals surface area contributed by atoms with Gasteiger partial charge in [0.15, 0.2) is 5.75 Å². The van der Waals surface area contributed by atoms with E-state index in [1.807, 2.05) is 16.7 Å². The lowest BCUT2D eigenvalue weighted by atomic mass is 10.1. The van der Waals surface area contributed by atoms with Gasteiger partial charge in [-0.1, -0.05) is 6.42 Å². The molecule has 1 fully saturated rings. The molecule has 0 aliphatic carbocycles. The highest BCUT2D eigenvalue weighted by atomic mass is 16.3. The molecule has 2 aromatic rings. The van der Waals surface area contributed by atoms with E-state index in [1.54, 1.807) is 6.26 Å². The quantitative estimate of drug-likeness (QED) is 0.937. The van der Waals surface area contributed by atoms with Gasteiger partial charge < -0.3 is 14.1 Å². The highest BCUT2D eigenvalue weighted by Crippen LogP contribution is 2.15. The van der Waals surface area contributed by atoms with E-state index in [2.05, 4.69) is 4.90 Å². The summed E-state index contributed by atoms with van der Waals surface area (Å²) in [4.78, 5) is 14.1. The van der Waals surface area contributed by atoms with Crippen LogP contribution in [0.4, 0.5) is 0 Å². The van der Waals surface area contributed by atoms with Crippen LogP contribution in [-0.4, -0.2) is 27.7 Å². The second-order valence-electron chi connectivity index (χ2n) is 5.56. The molecule has 0 atom stereocenters. The molecule has 0 spiro atoms. The van der Waals surface area contributed by atoms with Gasteiger partial charge in [-0.2, -0.15) is 0 Å². The summed E-state index contributed by atoms with van der Waals surface area (Å²) < 4.78 is 7.25. The number of rotatable bonds is 4. The molecule has 1 saturated heterocycles. The number of likely N-dealkylation sites (tertiary alicyclic amines) is 1. The summed E-state index contributed by atoms with van der Waals surface area (Å²) in [6.45, 7) is 3.38. The Balaban J connectivity index is 1.85. The first-order chi connectivity index (χ1) is 10.2. The minimum absolute atomic E-state index is 0.219. The number of hydrogen-bond donors (Lipinski definition) is 1. The molecular weight excluding hydrogens is 268 g/mol. The van der Waals surface area contributed by atoms with Gasteiger partial charge in [0.1, 0.15) is 5.76 Å². The lowest BCUT2D eigenvalue weighted by Gasteiger charge is -2.27. The standard InChI is InChI=1S/C16H20N2O3/c19-15-9-13(10-17-6-2-1-3-7-17)18(12-16(15)20)11-14-5-4-8-21-14/h4-5,8-9,12,20H,1-3,6-7,10-11H2. The van der Waals surface area contributed by atoms with Crippen LogP contribution in [0.5, 0.6) is 5.75 Å². The van der Waals surface area contributed by atoms with Crippen molar-refractivity contribution in [2.24, 2.45) is 0 Å². The maximum absolute atomic E-state index is 11.7. The lowest BCUT2D eigenvalue weighted by molar-refractivity contribution is 0.215. The molecule has 112 valence electrons. The molecule has 0 saturated carbocycles. The van der Waals surface area contributed by atoms with E-state index in [-0.39, 0.29) is 11.2 Å². The van der Waals surface area contributed by atoms with Crippen LogP contribution in [0.2, 0.25) is 0 Å². The van der Waals surface area contributed by atoms with Crippen molar-refractivity contribution in [2.45, 2.75) is 32.4 Å². The Morgan fingerprint density at radius 1 is 1.19 bits per heavy atom. The molecule has 5 heteroatoms. The summed E-state index contributed by atoms with van der Waals surface area (Å²) in [6, 6.07) is 5.26. The molecule has 0 amide bonds. The summed E-state index contributed by atoms with van der Waals surface area (Å²) in [5, 5.41) is 9.68. The molecule has 0 bridgehead atoms. The van der Waals surface area contributed by atoms with Crippen LogP contribution in [-0.2, 0) is 13.1 Å². The van der Waals surface area contributed by atoms with E-state index >= 15 is 0 Å². The van der Waals surface area contributed by atoms with Crippen LogP contribution in [0.25, 0.3) is 0 Å². The Kier molecular flexibility index (Phi) is 4.10. The third-order valence-corrected chi connectivity index (χ3v) is 3.94. The first-order valence-electron chi connectivity index (χ1n) is 7.39. The van der Waals surface area contributed by atoms with E-state index in [0.717, 1.165) is 31.1 Å². The van der Waals surface area contributed by atoms with Crippen LogP contribution < -0.4 is 5.43 Å². The van der Waals surface area contributed by atoms with Crippen molar-refractivity contribution in [2.75, 3.05) is 13.1 Å². The van der Waals surface area contributed by atoms with Crippen LogP contribution in [0.3, 0.4) is 0 Å². The maximum atomic E-state index is 11.7. The molecule has 0 radical (unpaired) electrons. The molecule has 5 nitrogen and oxygen atoms in total. The predicted octanol–water partition coefficient (Wildman–Crippen LogP) is 2.18. The summed E-state index contributed by atoms with van der Waals surface area (Å²) in [5.41, 5.74) is 0.591. The Labute approximate surface area is 123 Å². The fourth-order valence-corrected chi connectivity index (χ4v) is 2.80. The summed E-state index contributed by atoms with van der Waals surface area (Å²) in [7, 11) is 0. The van der Waals surface area contributed by atoms with Gasteiger partial charge in [0.2, 0.25) is 5.43 Å². The molecule has 1 aliphatic heterocycles. The van der Waals surface area contributed by atoms with Crippen molar-refractivity contribution in [1.29, 1.82) is 0 Å². The number of furan rings is 1. The van der Waals surface area contributed by atoms with Crippen molar-refractivity contribution in [3.05, 3.63) is 52.3 Å². The molecule has 0 aromatic carbocycles. The first kappa shape index (κ1) is 13.9. The number of hydrogen-bond acceptors (Lipinski definition) is 4. The Morgan fingerprint density at radius 2 is 2.00 bits per heavy atom. The van der Waals surface area contributed by atoms with E-state index in [0.29, 0.717) is 6.54 Å². The zero-order valence-electron chi connectivity index (χ0n) is 12.0. The van der Waals surface area contributed by atoms with Crippen LogP contribution in [0.15, 0.2) is 39.9 Å². The lowest BCUT2D eigenvalue weighted by Crippen LogP contribution is -2.31. The first-order valence-corrected chi connectivity index (χ1v) is 7.39. The minimum Gasteiger partial charge on any atom is -0.503 e. The number of piperidine rings is 1. The fraction of sp³-hybridized carbons (Fsp3) is 0.438. The summed E-state index contributed by atoms with van der Waals surface area (Å²) in [5.74, 6) is 0.585. The zero-order valence-corrected chi connectivity index (χ0v) is 12.0. The van der Waals surface area contributed by atoms with E-state index in [1.165, 1.54) is 31.5 Å². The second kappa shape index (κ2) is 6.18. The number of pyridine rings is 1. The highest BCUT2D eigenvalue weighted by Gasteiger charge is 2.14. The molecule has 0 unspecified atom stereocenters. The molecular formula is C16H20N2O3. The van der Waals surface area contributed by atoms with Crippen LogP contribution in [0.1, 0.15) is 30.7 Å². The normalized spacial score (nSPS) is 16.2. The van der Waals surface area contributed by atoms with Gasteiger partial charge in [0, 0.05) is 18.3 Å². The highest BCUT2D eigenvalue weighted by molar-refractivity contribution is 5.21. The third kappa shape index (κ3) is 3.36. The van der Waals surface area contributed by atoms with E-state index < -0.39 is 0 Å². The number of aromatic nitrogens is 1. The van der Waals surface area contributed by atoms with Crippen LogP contribution in [0, 0.1) is 0 Å². The summed E-state index contributed by atoms with van der Waals surface area (Å²) >= 11 is 0. The van der Waals surface area contributed by atoms with Gasteiger partial charge in [0.25, 0.3) is 0 Å². The average molecular weight is 288 g/mol. The predicted molar refractivity (Wildman–Crippen MR) is 79.3 cm³/mol. The minimum atomic E-state index is -0.322. The largest absolute Gasteiger partial charge is 0.503 e. The van der Waals surface area contributed by atoms with Crippen molar-refractivity contribution in [3.8, 4) is 5.75 Å². The monoisotopic (exact) mass is 288 g/mol. The molecule has 21 heavy (non-hydrogen) atoms. The molecule has 3 heterocycles. The van der Waals surface area contributed by atoms with E-state index in [4.69, 9.17) is 4.42 Å². The third-order valence-electron chi connectivity index (χ3n) is 3.94. The zero-order chi connectivity index (χ0) is 14.7. The Bertz CT molecular complexity index is 640. The van der Waals surface area contributed by atoms with Crippen LogP contribution >= 0.6 is 0 Å². The molecule has 3 rings (SSSR count). The number of aromatic hydroxyl groups is 1. The van der Waals surface area contributed by atoms with Gasteiger partial charge in [-0.15, -0.1) is 0 Å². The van der Waals surface area contributed by atoms with Crippen molar-refractivity contribution >= 4 is 0 Å². The van der Waals surface area contributed by atoms with Gasteiger partial charge >= 0.3 is 0 Å². The van der Waals surface area contributed by atoms with Gasteiger partial charge in [-0.3, -0.25) is 9.69 Å². The Hall–Kier alpha value is -2.01. The Morgan fingerprint density at radius 3 is 2.71 bits per heavy atom. The maximum Gasteiger partial charge on any atom is 0.223 e. The van der Waals surface area contributed by atoms with Crippen molar-refractivity contribution in [3.63, 3.8) is 0 Å². The molecule has 2 aromatic heterocycles. The van der Waals surface area contributed by atoms with Crippen molar-refractivity contribution in [1.82, 2.24) is 9.47 Å². The smallest absolute Gasteiger partial charge is 0.223 e. The van der Waals surface area contributed by atoms with Gasteiger partial charge in [-0.25, -0.2) is 0 Å². The SMILES string of the molecule is O=c1cc(CN2CCCCC2)n(Cc2ccco2)cc1O. The van der Waals surface area contributed by atoms with Gasteiger partial charge in [0.05, 0.1) is 19.0 Å². The average Bonchev–Trinajstić information content (AvgIpc) is 2.98. The molecule has 1 aliphatic rings. The topological polar surface area (TPSA) is 58.6 Å². The second-order valence-corrected chi connectivity index (χ2v) is 5.56. The molecule has 1 N–H and O–H groups in total. The summed E-state index contributed by atoms with van der Waals surface area (Å²) in [6.07, 6.45) is 6.83. The van der Waals surface area contributed by atoms with Crippen molar-refractivity contribution < 1.29 is 9.52 Å². The van der Waals surface area contributed by atoms with Gasteiger partial charge in [-0.05, 0) is 38.1 Å². The fourth-order valence-electron chi connectivity index (χ4n) is 2.80. The van der Waals surface area contributed by atoms with E-state index in [9.17, 15) is 9.90 Å².